The Hall–Kier alpha value is -2.56. The van der Waals surface area contributed by atoms with Gasteiger partial charge in [0.2, 0.25) is 0 Å². The van der Waals surface area contributed by atoms with Crippen LogP contribution in [0.3, 0.4) is 0 Å². The number of amides is 1. The van der Waals surface area contributed by atoms with Crippen molar-refractivity contribution in [1.82, 2.24) is 5.32 Å². The summed E-state index contributed by atoms with van der Waals surface area (Å²) < 4.78 is 23.9. The van der Waals surface area contributed by atoms with Crippen molar-refractivity contribution < 1.29 is 18.7 Å². The van der Waals surface area contributed by atoms with Crippen molar-refractivity contribution in [2.75, 3.05) is 19.8 Å². The molecule has 116 valence electrons. The van der Waals surface area contributed by atoms with Crippen LogP contribution in [-0.4, -0.2) is 25.7 Å². The highest BCUT2D eigenvalue weighted by molar-refractivity contribution is 5.77. The maximum atomic E-state index is 13.3. The molecular weight excluding hydrogens is 285 g/mol. The number of rotatable bonds is 7. The monoisotopic (exact) mass is 303 g/mol. The molecule has 0 aliphatic rings. The fourth-order valence-electron chi connectivity index (χ4n) is 1.75. The van der Waals surface area contributed by atoms with Crippen LogP contribution < -0.4 is 14.8 Å². The molecule has 0 spiro atoms. The SMILES string of the molecule is Cc1ccc(OCC(=O)NCCOc2ccccc2F)cc1. The number of halogens is 1. The van der Waals surface area contributed by atoms with Crippen LogP contribution >= 0.6 is 0 Å². The molecule has 2 aromatic carbocycles. The van der Waals surface area contributed by atoms with Gasteiger partial charge in [-0.2, -0.15) is 0 Å². The summed E-state index contributed by atoms with van der Waals surface area (Å²) in [6, 6.07) is 13.6. The molecule has 0 saturated heterocycles. The van der Waals surface area contributed by atoms with Crippen molar-refractivity contribution in [1.29, 1.82) is 0 Å². The van der Waals surface area contributed by atoms with E-state index in [9.17, 15) is 9.18 Å². The number of carbonyl (C=O) groups excluding carboxylic acids is 1. The zero-order valence-corrected chi connectivity index (χ0v) is 12.3. The van der Waals surface area contributed by atoms with Crippen molar-refractivity contribution in [3.8, 4) is 11.5 Å². The Kier molecular flexibility index (Phi) is 5.77. The molecular formula is C17H18FNO3. The zero-order valence-electron chi connectivity index (χ0n) is 12.3. The lowest BCUT2D eigenvalue weighted by Crippen LogP contribution is -2.32. The van der Waals surface area contributed by atoms with E-state index in [4.69, 9.17) is 9.47 Å². The molecule has 0 bridgehead atoms. The number of benzene rings is 2. The summed E-state index contributed by atoms with van der Waals surface area (Å²) in [6.45, 7) is 2.39. The summed E-state index contributed by atoms with van der Waals surface area (Å²) in [5.74, 6) is 0.144. The molecule has 22 heavy (non-hydrogen) atoms. The van der Waals surface area contributed by atoms with E-state index in [2.05, 4.69) is 5.32 Å². The highest BCUT2D eigenvalue weighted by atomic mass is 19.1. The second-order valence-electron chi connectivity index (χ2n) is 4.73. The summed E-state index contributed by atoms with van der Waals surface area (Å²) in [5, 5.41) is 2.64. The predicted molar refractivity (Wildman–Crippen MR) is 81.6 cm³/mol. The lowest BCUT2D eigenvalue weighted by molar-refractivity contribution is -0.123. The van der Waals surface area contributed by atoms with Gasteiger partial charge in [-0.1, -0.05) is 29.8 Å². The quantitative estimate of drug-likeness (QED) is 0.800. The topological polar surface area (TPSA) is 47.6 Å². The molecule has 1 N–H and O–H groups in total. The van der Waals surface area contributed by atoms with Crippen LogP contribution in [-0.2, 0) is 4.79 Å². The van der Waals surface area contributed by atoms with E-state index in [-0.39, 0.29) is 31.4 Å². The van der Waals surface area contributed by atoms with Crippen LogP contribution in [0.4, 0.5) is 4.39 Å². The highest BCUT2D eigenvalue weighted by Crippen LogP contribution is 2.14. The smallest absolute Gasteiger partial charge is 0.258 e. The molecule has 0 heterocycles. The summed E-state index contributed by atoms with van der Waals surface area (Å²) in [7, 11) is 0. The lowest BCUT2D eigenvalue weighted by atomic mass is 10.2. The summed E-state index contributed by atoms with van der Waals surface area (Å²) >= 11 is 0. The van der Waals surface area contributed by atoms with E-state index in [0.29, 0.717) is 5.75 Å². The van der Waals surface area contributed by atoms with Gasteiger partial charge in [0.15, 0.2) is 18.2 Å². The minimum atomic E-state index is -0.420. The van der Waals surface area contributed by atoms with E-state index >= 15 is 0 Å². The largest absolute Gasteiger partial charge is 0.489 e. The van der Waals surface area contributed by atoms with Gasteiger partial charge in [-0.25, -0.2) is 4.39 Å². The fourth-order valence-corrected chi connectivity index (χ4v) is 1.75. The van der Waals surface area contributed by atoms with E-state index in [1.807, 2.05) is 31.2 Å². The first kappa shape index (κ1) is 15.8. The number of carbonyl (C=O) groups is 1. The van der Waals surface area contributed by atoms with Crippen LogP contribution in [0.2, 0.25) is 0 Å². The number of aryl methyl sites for hydroxylation is 1. The Morgan fingerprint density at radius 1 is 1.09 bits per heavy atom. The summed E-state index contributed by atoms with van der Waals surface area (Å²) in [4.78, 5) is 11.6. The zero-order chi connectivity index (χ0) is 15.8. The normalized spacial score (nSPS) is 10.1. The van der Waals surface area contributed by atoms with Gasteiger partial charge in [-0.05, 0) is 31.2 Å². The Bertz CT molecular complexity index is 614. The van der Waals surface area contributed by atoms with Crippen molar-refractivity contribution in [3.63, 3.8) is 0 Å². The van der Waals surface area contributed by atoms with Crippen molar-refractivity contribution in [2.24, 2.45) is 0 Å². The minimum absolute atomic E-state index is 0.0667. The summed E-state index contributed by atoms with van der Waals surface area (Å²) in [5.41, 5.74) is 1.13. The van der Waals surface area contributed by atoms with E-state index in [1.54, 1.807) is 12.1 Å². The van der Waals surface area contributed by atoms with Gasteiger partial charge >= 0.3 is 0 Å². The van der Waals surface area contributed by atoms with Crippen LogP contribution in [0.25, 0.3) is 0 Å². The lowest BCUT2D eigenvalue weighted by Gasteiger charge is -2.09. The van der Waals surface area contributed by atoms with E-state index in [0.717, 1.165) is 5.56 Å². The van der Waals surface area contributed by atoms with Gasteiger partial charge in [-0.3, -0.25) is 4.79 Å². The Morgan fingerprint density at radius 3 is 2.55 bits per heavy atom. The predicted octanol–water partition coefficient (Wildman–Crippen LogP) is 2.71. The third-order valence-electron chi connectivity index (χ3n) is 2.91. The second kappa shape index (κ2) is 8.02. The van der Waals surface area contributed by atoms with Gasteiger partial charge in [0.25, 0.3) is 5.91 Å². The minimum Gasteiger partial charge on any atom is -0.489 e. The molecule has 0 aliphatic heterocycles. The molecule has 2 rings (SSSR count). The maximum absolute atomic E-state index is 13.3. The van der Waals surface area contributed by atoms with E-state index < -0.39 is 5.82 Å². The molecule has 0 aromatic heterocycles. The van der Waals surface area contributed by atoms with Gasteiger partial charge in [0, 0.05) is 0 Å². The molecule has 2 aromatic rings. The Balaban J connectivity index is 1.64. The third kappa shape index (κ3) is 5.09. The molecule has 1 amide bonds. The van der Waals surface area contributed by atoms with Crippen LogP contribution in [0.15, 0.2) is 48.5 Å². The first-order chi connectivity index (χ1) is 10.6. The van der Waals surface area contributed by atoms with Gasteiger partial charge < -0.3 is 14.8 Å². The first-order valence-corrected chi connectivity index (χ1v) is 6.98. The highest BCUT2D eigenvalue weighted by Gasteiger charge is 2.04. The van der Waals surface area contributed by atoms with Crippen LogP contribution in [0.5, 0.6) is 11.5 Å². The van der Waals surface area contributed by atoms with Gasteiger partial charge in [0.1, 0.15) is 12.4 Å². The number of ether oxygens (including phenoxy) is 2. The molecule has 5 heteroatoms. The molecule has 0 fully saturated rings. The third-order valence-corrected chi connectivity index (χ3v) is 2.91. The number of hydrogen-bond donors (Lipinski definition) is 1. The number of nitrogens with one attached hydrogen (secondary N) is 1. The fraction of sp³-hybridized carbons (Fsp3) is 0.235. The van der Waals surface area contributed by atoms with Gasteiger partial charge in [0.05, 0.1) is 6.54 Å². The number of para-hydroxylation sites is 1. The molecule has 0 atom stereocenters. The molecule has 0 saturated carbocycles. The van der Waals surface area contributed by atoms with Crippen molar-refractivity contribution in [3.05, 3.63) is 59.9 Å². The average Bonchev–Trinajstić information content (AvgIpc) is 2.52. The Labute approximate surface area is 128 Å². The summed E-state index contributed by atoms with van der Waals surface area (Å²) in [6.07, 6.45) is 0. The van der Waals surface area contributed by atoms with Gasteiger partial charge in [-0.15, -0.1) is 0 Å². The second-order valence-corrected chi connectivity index (χ2v) is 4.73. The average molecular weight is 303 g/mol. The number of hydrogen-bond acceptors (Lipinski definition) is 3. The molecule has 0 unspecified atom stereocenters. The van der Waals surface area contributed by atoms with Crippen molar-refractivity contribution in [2.45, 2.75) is 6.92 Å². The van der Waals surface area contributed by atoms with E-state index in [1.165, 1.54) is 12.1 Å². The first-order valence-electron chi connectivity index (χ1n) is 6.98. The van der Waals surface area contributed by atoms with Crippen LogP contribution in [0.1, 0.15) is 5.56 Å². The molecule has 4 nitrogen and oxygen atoms in total. The van der Waals surface area contributed by atoms with Crippen LogP contribution in [0, 0.1) is 12.7 Å². The molecule has 0 radical (unpaired) electrons. The standard InChI is InChI=1S/C17H18FNO3/c1-13-6-8-14(9-7-13)22-12-17(20)19-10-11-21-16-5-3-2-4-15(16)18/h2-9H,10-12H2,1H3,(H,19,20). The maximum Gasteiger partial charge on any atom is 0.258 e. The Morgan fingerprint density at radius 2 is 1.82 bits per heavy atom. The molecule has 0 aliphatic carbocycles. The van der Waals surface area contributed by atoms with Crippen molar-refractivity contribution >= 4 is 5.91 Å².